The Labute approximate surface area is 145 Å². The van der Waals surface area contributed by atoms with Crippen LogP contribution >= 0.6 is 11.8 Å². The Kier molecular flexibility index (Phi) is 4.73. The van der Waals surface area contributed by atoms with E-state index in [4.69, 9.17) is 0 Å². The highest BCUT2D eigenvalue weighted by Crippen LogP contribution is 2.28. The molecule has 2 aromatic carbocycles. The van der Waals surface area contributed by atoms with Gasteiger partial charge in [-0.15, -0.1) is 4.40 Å². The second-order valence-corrected chi connectivity index (χ2v) is 7.75. The number of amidine groups is 1. The first-order valence-corrected chi connectivity index (χ1v) is 9.88. The number of benzene rings is 2. The van der Waals surface area contributed by atoms with Crippen LogP contribution in [0.2, 0.25) is 0 Å². The van der Waals surface area contributed by atoms with Gasteiger partial charge in [0.2, 0.25) is 5.91 Å². The number of amides is 1. The summed E-state index contributed by atoms with van der Waals surface area (Å²) < 4.78 is 29.0. The van der Waals surface area contributed by atoms with Gasteiger partial charge in [-0.2, -0.15) is 8.42 Å². The molecule has 1 aliphatic rings. The predicted octanol–water partition coefficient (Wildman–Crippen LogP) is 3.07. The zero-order valence-electron chi connectivity index (χ0n) is 13.0. The van der Waals surface area contributed by atoms with Crippen LogP contribution in [0.25, 0.3) is 0 Å². The molecule has 0 N–H and O–H groups in total. The number of rotatable bonds is 4. The van der Waals surface area contributed by atoms with Gasteiger partial charge in [-0.25, -0.2) is 0 Å². The van der Waals surface area contributed by atoms with Crippen LogP contribution in [0.1, 0.15) is 12.5 Å². The lowest BCUT2D eigenvalue weighted by molar-refractivity contribution is -0.115. The van der Waals surface area contributed by atoms with Gasteiger partial charge in [0, 0.05) is 0 Å². The molecule has 0 aliphatic carbocycles. The molecule has 2 aromatic rings. The molecule has 124 valence electrons. The molecule has 24 heavy (non-hydrogen) atoms. The number of thioether (sulfide) groups is 1. The van der Waals surface area contributed by atoms with Crippen molar-refractivity contribution in [3.8, 4) is 0 Å². The van der Waals surface area contributed by atoms with E-state index >= 15 is 0 Å². The number of carbonyl (C=O) groups is 1. The Morgan fingerprint density at radius 1 is 1.08 bits per heavy atom. The van der Waals surface area contributed by atoms with Crippen molar-refractivity contribution in [3.05, 3.63) is 60.2 Å². The second kappa shape index (κ2) is 6.78. The zero-order chi connectivity index (χ0) is 17.2. The lowest BCUT2D eigenvalue weighted by Gasteiger charge is -2.15. The summed E-state index contributed by atoms with van der Waals surface area (Å²) in [5, 5.41) is 0.186. The van der Waals surface area contributed by atoms with Crippen LogP contribution in [0, 0.1) is 0 Å². The maximum Gasteiger partial charge on any atom is 0.284 e. The van der Waals surface area contributed by atoms with Gasteiger partial charge in [0.15, 0.2) is 5.17 Å². The number of hydrogen-bond donors (Lipinski definition) is 0. The normalized spacial score (nSPS) is 16.8. The standard InChI is InChI=1S/C17H16N2O3S2/c1-2-13-8-10-15(11-9-13)24(21,22)18-17-19(16(20)12-23-17)14-6-4-3-5-7-14/h3-11H,2,12H2,1H3/b18-17-. The third-order valence-corrected chi connectivity index (χ3v) is 5.93. The van der Waals surface area contributed by atoms with E-state index in [1.165, 1.54) is 4.90 Å². The van der Waals surface area contributed by atoms with E-state index in [9.17, 15) is 13.2 Å². The molecule has 7 heteroatoms. The lowest BCUT2D eigenvalue weighted by atomic mass is 10.2. The maximum absolute atomic E-state index is 12.5. The Balaban J connectivity index is 1.97. The number of aryl methyl sites for hydroxylation is 1. The van der Waals surface area contributed by atoms with Crippen LogP contribution in [0.15, 0.2) is 63.9 Å². The van der Waals surface area contributed by atoms with Crippen LogP contribution in [0.4, 0.5) is 5.69 Å². The Morgan fingerprint density at radius 3 is 2.38 bits per heavy atom. The van der Waals surface area contributed by atoms with Gasteiger partial charge >= 0.3 is 0 Å². The molecule has 0 bridgehead atoms. The fourth-order valence-corrected chi connectivity index (χ4v) is 4.41. The molecule has 1 saturated heterocycles. The van der Waals surface area contributed by atoms with Crippen molar-refractivity contribution < 1.29 is 13.2 Å². The topological polar surface area (TPSA) is 66.8 Å². The van der Waals surface area contributed by atoms with Crippen molar-refractivity contribution >= 4 is 38.5 Å². The smallest absolute Gasteiger partial charge is 0.273 e. The summed E-state index contributed by atoms with van der Waals surface area (Å²) in [6.45, 7) is 2.00. The van der Waals surface area contributed by atoms with E-state index < -0.39 is 10.0 Å². The van der Waals surface area contributed by atoms with Gasteiger partial charge in [0.25, 0.3) is 10.0 Å². The van der Waals surface area contributed by atoms with Crippen LogP contribution in [-0.4, -0.2) is 25.2 Å². The molecule has 0 unspecified atom stereocenters. The van der Waals surface area contributed by atoms with E-state index in [2.05, 4.69) is 4.40 Å². The van der Waals surface area contributed by atoms with Crippen LogP contribution in [0.3, 0.4) is 0 Å². The van der Waals surface area contributed by atoms with E-state index in [1.54, 1.807) is 48.5 Å². The summed E-state index contributed by atoms with van der Waals surface area (Å²) in [6.07, 6.45) is 0.834. The van der Waals surface area contributed by atoms with Crippen molar-refractivity contribution in [2.45, 2.75) is 18.2 Å². The summed E-state index contributed by atoms with van der Waals surface area (Å²) in [5.74, 6) is -0.000593. The SMILES string of the molecule is CCc1ccc(S(=O)(=O)/N=C2\SCC(=O)N2c2ccccc2)cc1. The molecule has 0 saturated carbocycles. The monoisotopic (exact) mass is 360 g/mol. The number of carbonyl (C=O) groups excluding carboxylic acids is 1. The average molecular weight is 360 g/mol. The first-order valence-electron chi connectivity index (χ1n) is 7.46. The minimum Gasteiger partial charge on any atom is -0.273 e. The van der Waals surface area contributed by atoms with Gasteiger partial charge < -0.3 is 0 Å². The molecule has 1 heterocycles. The molecule has 1 fully saturated rings. The highest BCUT2D eigenvalue weighted by molar-refractivity contribution is 8.16. The summed E-state index contributed by atoms with van der Waals surface area (Å²) in [4.78, 5) is 13.6. The first-order chi connectivity index (χ1) is 11.5. The van der Waals surface area contributed by atoms with Gasteiger partial charge in [0.1, 0.15) is 0 Å². The van der Waals surface area contributed by atoms with Gasteiger partial charge in [0.05, 0.1) is 16.3 Å². The van der Waals surface area contributed by atoms with Gasteiger partial charge in [-0.1, -0.05) is 49.0 Å². The molecule has 0 spiro atoms. The van der Waals surface area contributed by atoms with Crippen molar-refractivity contribution in [2.75, 3.05) is 10.7 Å². The average Bonchev–Trinajstić information content (AvgIpc) is 2.95. The number of hydrogen-bond acceptors (Lipinski definition) is 4. The fourth-order valence-electron chi connectivity index (χ4n) is 2.31. The van der Waals surface area contributed by atoms with Crippen molar-refractivity contribution in [2.24, 2.45) is 4.40 Å². The third kappa shape index (κ3) is 3.37. The molecule has 0 atom stereocenters. The van der Waals surface area contributed by atoms with Gasteiger partial charge in [-0.05, 0) is 36.2 Å². The summed E-state index contributed by atoms with van der Waals surface area (Å²) in [5.41, 5.74) is 1.67. The van der Waals surface area contributed by atoms with E-state index in [1.807, 2.05) is 13.0 Å². The van der Waals surface area contributed by atoms with E-state index in [0.717, 1.165) is 23.7 Å². The highest BCUT2D eigenvalue weighted by atomic mass is 32.2. The van der Waals surface area contributed by atoms with Crippen molar-refractivity contribution in [1.82, 2.24) is 0 Å². The first kappa shape index (κ1) is 16.7. The fraction of sp³-hybridized carbons (Fsp3) is 0.176. The zero-order valence-corrected chi connectivity index (χ0v) is 14.7. The number of nitrogens with zero attached hydrogens (tertiary/aromatic N) is 2. The molecule has 1 aliphatic heterocycles. The number of sulfonamides is 1. The lowest BCUT2D eigenvalue weighted by Crippen LogP contribution is -2.29. The molecule has 0 aromatic heterocycles. The van der Waals surface area contributed by atoms with E-state index in [0.29, 0.717) is 5.69 Å². The predicted molar refractivity (Wildman–Crippen MR) is 96.8 cm³/mol. The Bertz CT molecular complexity index is 876. The molecule has 0 radical (unpaired) electrons. The van der Waals surface area contributed by atoms with Crippen LogP contribution in [0.5, 0.6) is 0 Å². The second-order valence-electron chi connectivity index (χ2n) is 5.20. The third-order valence-electron chi connectivity index (χ3n) is 3.61. The van der Waals surface area contributed by atoms with Crippen molar-refractivity contribution in [1.29, 1.82) is 0 Å². The van der Waals surface area contributed by atoms with Crippen LogP contribution < -0.4 is 4.90 Å². The number of anilines is 1. The van der Waals surface area contributed by atoms with Gasteiger partial charge in [-0.3, -0.25) is 9.69 Å². The van der Waals surface area contributed by atoms with Crippen molar-refractivity contribution in [3.63, 3.8) is 0 Å². The molecule has 5 nitrogen and oxygen atoms in total. The maximum atomic E-state index is 12.5. The number of para-hydroxylation sites is 1. The summed E-state index contributed by atoms with van der Waals surface area (Å²) in [7, 11) is -3.86. The Morgan fingerprint density at radius 2 is 1.75 bits per heavy atom. The Hall–Kier alpha value is -2.12. The molecular formula is C17H16N2O3S2. The highest BCUT2D eigenvalue weighted by Gasteiger charge is 2.31. The van der Waals surface area contributed by atoms with Crippen LogP contribution in [-0.2, 0) is 21.2 Å². The quantitative estimate of drug-likeness (QED) is 0.840. The molecule has 1 amide bonds. The molecular weight excluding hydrogens is 344 g/mol. The summed E-state index contributed by atoms with van der Waals surface area (Å²) in [6, 6.07) is 15.6. The summed E-state index contributed by atoms with van der Waals surface area (Å²) >= 11 is 1.13. The van der Waals surface area contributed by atoms with E-state index in [-0.39, 0.29) is 21.7 Å². The minimum absolute atomic E-state index is 0.125. The largest absolute Gasteiger partial charge is 0.284 e. The minimum atomic E-state index is -3.86. The molecule has 3 rings (SSSR count).